The minimum absolute atomic E-state index is 0.387. The average Bonchev–Trinajstić information content (AvgIpc) is 2.64. The number of nitrogen functional groups attached to an aromatic ring is 1. The molecule has 0 radical (unpaired) electrons. The molecule has 0 unspecified atom stereocenters. The van der Waals surface area contributed by atoms with E-state index < -0.39 is 0 Å². The van der Waals surface area contributed by atoms with E-state index in [1.165, 1.54) is 0 Å². The number of aromatic nitrogens is 3. The molecule has 6 heteroatoms. The van der Waals surface area contributed by atoms with E-state index in [0.29, 0.717) is 16.6 Å². The third-order valence-corrected chi connectivity index (χ3v) is 3.22. The van der Waals surface area contributed by atoms with Crippen LogP contribution < -0.4 is 5.73 Å². The lowest BCUT2D eigenvalue weighted by Gasteiger charge is -2.05. The summed E-state index contributed by atoms with van der Waals surface area (Å²) in [5.41, 5.74) is 8.23. The van der Waals surface area contributed by atoms with Crippen LogP contribution in [-0.4, -0.2) is 14.5 Å². The number of pyridine rings is 1. The third-order valence-electron chi connectivity index (χ3n) is 2.56. The van der Waals surface area contributed by atoms with Gasteiger partial charge in [-0.25, -0.2) is 9.97 Å². The van der Waals surface area contributed by atoms with Crippen LogP contribution in [0, 0.1) is 0 Å². The summed E-state index contributed by atoms with van der Waals surface area (Å²) in [4.78, 5) is 8.62. The molecule has 0 amide bonds. The van der Waals surface area contributed by atoms with E-state index in [4.69, 9.17) is 17.3 Å². The number of nitrogens with two attached hydrogens (primary N) is 1. The summed E-state index contributed by atoms with van der Waals surface area (Å²) in [7, 11) is 0. The van der Waals surface area contributed by atoms with Crippen LogP contribution in [0.2, 0.25) is 5.02 Å². The van der Waals surface area contributed by atoms with Crippen LogP contribution in [0.5, 0.6) is 0 Å². The van der Waals surface area contributed by atoms with E-state index >= 15 is 0 Å². The second-order valence-corrected chi connectivity index (χ2v) is 5.13. The quantitative estimate of drug-likeness (QED) is 0.746. The fraction of sp³-hybridized carbons (Fsp3) is 0. The smallest absolute Gasteiger partial charge is 0.207 e. The molecule has 0 aliphatic heterocycles. The maximum atomic E-state index is 5.99. The molecular weight excluding hydrogens is 316 g/mol. The van der Waals surface area contributed by atoms with Crippen LogP contribution in [0.3, 0.4) is 0 Å². The molecule has 4 nitrogen and oxygen atoms in total. The lowest BCUT2D eigenvalue weighted by atomic mass is 10.3. The van der Waals surface area contributed by atoms with Crippen molar-refractivity contribution < 1.29 is 0 Å². The zero-order valence-electron chi connectivity index (χ0n) is 9.14. The Bertz CT molecular complexity index is 738. The van der Waals surface area contributed by atoms with Gasteiger partial charge in [-0.1, -0.05) is 17.7 Å². The van der Waals surface area contributed by atoms with Gasteiger partial charge in [-0.05, 0) is 40.2 Å². The fourth-order valence-corrected chi connectivity index (χ4v) is 2.33. The normalized spacial score (nSPS) is 11.0. The van der Waals surface area contributed by atoms with Crippen molar-refractivity contribution in [3.05, 3.63) is 46.0 Å². The predicted molar refractivity (Wildman–Crippen MR) is 76.0 cm³/mol. The Morgan fingerprint density at radius 2 is 2.11 bits per heavy atom. The highest BCUT2D eigenvalue weighted by Crippen LogP contribution is 2.24. The summed E-state index contributed by atoms with van der Waals surface area (Å²) < 4.78 is 2.64. The molecule has 0 saturated heterocycles. The number of fused-ring (bicyclic) bond motifs is 1. The first-order valence-corrected chi connectivity index (χ1v) is 6.37. The van der Waals surface area contributed by atoms with E-state index in [1.54, 1.807) is 10.8 Å². The summed E-state index contributed by atoms with van der Waals surface area (Å²) in [6.07, 6.45) is 1.71. The van der Waals surface area contributed by atoms with E-state index in [0.717, 1.165) is 15.7 Å². The van der Waals surface area contributed by atoms with Gasteiger partial charge in [0, 0.05) is 15.7 Å². The fourth-order valence-electron chi connectivity index (χ4n) is 1.83. The SMILES string of the molecule is Nc1nc2cc(Br)cnc2n1-c1cccc(Cl)c1. The van der Waals surface area contributed by atoms with Crippen molar-refractivity contribution in [3.8, 4) is 5.69 Å². The van der Waals surface area contributed by atoms with Gasteiger partial charge in [-0.15, -0.1) is 0 Å². The first-order chi connectivity index (χ1) is 8.65. The second kappa shape index (κ2) is 4.26. The number of hydrogen-bond acceptors (Lipinski definition) is 3. The van der Waals surface area contributed by atoms with Gasteiger partial charge in [0.15, 0.2) is 5.65 Å². The van der Waals surface area contributed by atoms with Gasteiger partial charge in [0.1, 0.15) is 5.52 Å². The number of halogens is 2. The summed E-state index contributed by atoms with van der Waals surface area (Å²) in [6, 6.07) is 9.28. The number of nitrogens with zero attached hydrogens (tertiary/aromatic N) is 3. The molecule has 0 bridgehead atoms. The molecule has 3 rings (SSSR count). The van der Waals surface area contributed by atoms with Crippen LogP contribution in [0.1, 0.15) is 0 Å². The maximum absolute atomic E-state index is 5.99. The highest BCUT2D eigenvalue weighted by molar-refractivity contribution is 9.10. The Morgan fingerprint density at radius 1 is 1.28 bits per heavy atom. The Labute approximate surface area is 117 Å². The van der Waals surface area contributed by atoms with Gasteiger partial charge >= 0.3 is 0 Å². The predicted octanol–water partition coefficient (Wildman–Crippen LogP) is 3.42. The van der Waals surface area contributed by atoms with Crippen molar-refractivity contribution in [2.24, 2.45) is 0 Å². The number of anilines is 1. The van der Waals surface area contributed by atoms with Gasteiger partial charge < -0.3 is 5.73 Å². The molecule has 0 aliphatic rings. The van der Waals surface area contributed by atoms with Crippen molar-refractivity contribution in [2.75, 3.05) is 5.73 Å². The van der Waals surface area contributed by atoms with Crippen LogP contribution >= 0.6 is 27.5 Å². The Morgan fingerprint density at radius 3 is 2.89 bits per heavy atom. The summed E-state index contributed by atoms with van der Waals surface area (Å²) in [5.74, 6) is 0.387. The first-order valence-electron chi connectivity index (χ1n) is 5.20. The first kappa shape index (κ1) is 11.5. The maximum Gasteiger partial charge on any atom is 0.207 e. The van der Waals surface area contributed by atoms with Gasteiger partial charge in [-0.2, -0.15) is 0 Å². The van der Waals surface area contributed by atoms with Crippen molar-refractivity contribution in [1.29, 1.82) is 0 Å². The van der Waals surface area contributed by atoms with E-state index in [1.807, 2.05) is 30.3 Å². The minimum Gasteiger partial charge on any atom is -0.369 e. The second-order valence-electron chi connectivity index (χ2n) is 3.78. The van der Waals surface area contributed by atoms with Crippen LogP contribution in [-0.2, 0) is 0 Å². The Hall–Kier alpha value is -1.59. The lowest BCUT2D eigenvalue weighted by Crippen LogP contribution is -2.01. The van der Waals surface area contributed by atoms with Gasteiger partial charge in [-0.3, -0.25) is 4.57 Å². The van der Waals surface area contributed by atoms with Gasteiger partial charge in [0.2, 0.25) is 5.95 Å². The largest absolute Gasteiger partial charge is 0.369 e. The zero-order chi connectivity index (χ0) is 12.7. The molecule has 90 valence electrons. The van der Waals surface area contributed by atoms with Crippen molar-refractivity contribution in [1.82, 2.24) is 14.5 Å². The van der Waals surface area contributed by atoms with Gasteiger partial charge in [0.05, 0.1) is 5.69 Å². The molecule has 0 fully saturated rings. The highest BCUT2D eigenvalue weighted by Gasteiger charge is 2.11. The molecule has 2 heterocycles. The highest BCUT2D eigenvalue weighted by atomic mass is 79.9. The average molecular weight is 324 g/mol. The molecule has 3 aromatic rings. The van der Waals surface area contributed by atoms with E-state index in [-0.39, 0.29) is 0 Å². The Balaban J connectivity index is 2.32. The zero-order valence-corrected chi connectivity index (χ0v) is 11.5. The molecule has 0 aliphatic carbocycles. The van der Waals surface area contributed by atoms with Crippen LogP contribution in [0.15, 0.2) is 41.0 Å². The monoisotopic (exact) mass is 322 g/mol. The van der Waals surface area contributed by atoms with Crippen molar-refractivity contribution >= 4 is 44.6 Å². The molecule has 2 N–H and O–H groups in total. The number of rotatable bonds is 1. The molecule has 2 aromatic heterocycles. The molecule has 1 aromatic carbocycles. The standard InChI is InChI=1S/C12H8BrClN4/c13-7-4-10-11(16-6-7)18(12(15)17-10)9-3-1-2-8(14)5-9/h1-6H,(H2,15,17). The van der Waals surface area contributed by atoms with Crippen LogP contribution in [0.4, 0.5) is 5.95 Å². The lowest BCUT2D eigenvalue weighted by molar-refractivity contribution is 1.08. The number of imidazole rings is 1. The van der Waals surface area contributed by atoms with E-state index in [9.17, 15) is 0 Å². The van der Waals surface area contributed by atoms with Gasteiger partial charge in [0.25, 0.3) is 0 Å². The summed E-state index contributed by atoms with van der Waals surface area (Å²) in [5, 5.41) is 0.644. The Kier molecular flexibility index (Phi) is 2.72. The molecule has 18 heavy (non-hydrogen) atoms. The van der Waals surface area contributed by atoms with E-state index in [2.05, 4.69) is 25.9 Å². The third kappa shape index (κ3) is 1.85. The molecule has 0 saturated carbocycles. The van der Waals surface area contributed by atoms with Crippen molar-refractivity contribution in [2.45, 2.75) is 0 Å². The summed E-state index contributed by atoms with van der Waals surface area (Å²) in [6.45, 7) is 0. The molecule has 0 spiro atoms. The number of benzene rings is 1. The minimum atomic E-state index is 0.387. The molecular formula is C12H8BrClN4. The number of hydrogen-bond donors (Lipinski definition) is 1. The topological polar surface area (TPSA) is 56.7 Å². The van der Waals surface area contributed by atoms with Crippen LogP contribution in [0.25, 0.3) is 16.9 Å². The van der Waals surface area contributed by atoms with Crippen molar-refractivity contribution in [3.63, 3.8) is 0 Å². The summed E-state index contributed by atoms with van der Waals surface area (Å²) >= 11 is 9.35. The molecule has 0 atom stereocenters.